The Morgan fingerprint density at radius 2 is 1.93 bits per heavy atom. The first-order valence-electron chi connectivity index (χ1n) is 5.35. The van der Waals surface area contributed by atoms with Crippen LogP contribution in [0.25, 0.3) is 0 Å². The van der Waals surface area contributed by atoms with Crippen molar-refractivity contribution in [3.05, 3.63) is 0 Å². The van der Waals surface area contributed by atoms with Crippen LogP contribution in [0.15, 0.2) is 0 Å². The fourth-order valence-corrected chi connectivity index (χ4v) is 2.39. The number of hydrogen-bond acceptors (Lipinski definition) is 3. The Balaban J connectivity index is 2.58. The molecule has 1 aliphatic rings. The van der Waals surface area contributed by atoms with Crippen molar-refractivity contribution < 1.29 is 14.6 Å². The third-order valence-corrected chi connectivity index (χ3v) is 3.02. The molecule has 0 aromatic rings. The Kier molecular flexibility index (Phi) is 3.53. The van der Waals surface area contributed by atoms with Crippen LogP contribution in [0.5, 0.6) is 0 Å². The summed E-state index contributed by atoms with van der Waals surface area (Å²) in [5.74, 6) is 0.624. The third kappa shape index (κ3) is 2.08. The molecule has 14 heavy (non-hydrogen) atoms. The van der Waals surface area contributed by atoms with Gasteiger partial charge in [0.25, 0.3) is 0 Å². The second kappa shape index (κ2) is 4.30. The number of carbonyl (C=O) groups is 1. The van der Waals surface area contributed by atoms with Crippen LogP contribution in [-0.4, -0.2) is 23.8 Å². The summed E-state index contributed by atoms with van der Waals surface area (Å²) in [5.41, 5.74) is 0. The normalized spacial score (nSPS) is 32.9. The highest BCUT2D eigenvalue weighted by Crippen LogP contribution is 2.53. The van der Waals surface area contributed by atoms with E-state index in [-0.39, 0.29) is 17.8 Å². The zero-order valence-electron chi connectivity index (χ0n) is 9.36. The summed E-state index contributed by atoms with van der Waals surface area (Å²) in [6.45, 7) is 8.15. The van der Waals surface area contributed by atoms with E-state index in [1.165, 1.54) is 0 Å². The maximum absolute atomic E-state index is 11.5. The molecule has 3 heteroatoms. The number of aliphatic hydroxyl groups is 1. The Hall–Kier alpha value is -0.570. The molecule has 82 valence electrons. The van der Waals surface area contributed by atoms with E-state index < -0.39 is 6.10 Å². The molecule has 0 unspecified atom stereocenters. The highest BCUT2D eigenvalue weighted by atomic mass is 16.5. The van der Waals surface area contributed by atoms with Gasteiger partial charge in [0.2, 0.25) is 0 Å². The highest BCUT2D eigenvalue weighted by molar-refractivity contribution is 5.76. The van der Waals surface area contributed by atoms with Crippen LogP contribution in [0, 0.1) is 23.7 Å². The third-order valence-electron chi connectivity index (χ3n) is 3.02. The molecule has 0 amide bonds. The molecule has 0 spiro atoms. The smallest absolute Gasteiger partial charge is 0.309 e. The number of ether oxygens (including phenoxy) is 1. The monoisotopic (exact) mass is 200 g/mol. The van der Waals surface area contributed by atoms with Crippen LogP contribution in [0.1, 0.15) is 27.7 Å². The van der Waals surface area contributed by atoms with Crippen LogP contribution < -0.4 is 0 Å². The zero-order valence-corrected chi connectivity index (χ0v) is 9.36. The zero-order chi connectivity index (χ0) is 10.9. The Bertz CT molecular complexity index is 197. The van der Waals surface area contributed by atoms with Gasteiger partial charge < -0.3 is 9.84 Å². The molecule has 1 aliphatic carbocycles. The van der Waals surface area contributed by atoms with Gasteiger partial charge in [0.15, 0.2) is 0 Å². The summed E-state index contributed by atoms with van der Waals surface area (Å²) in [7, 11) is 0. The molecule has 4 atom stereocenters. The molecule has 0 aromatic heterocycles. The quantitative estimate of drug-likeness (QED) is 0.699. The van der Waals surface area contributed by atoms with Gasteiger partial charge in [-0.15, -0.1) is 0 Å². The molecule has 0 aromatic carbocycles. The number of hydrogen-bond donors (Lipinski definition) is 1. The average molecular weight is 200 g/mol. The Morgan fingerprint density at radius 1 is 1.36 bits per heavy atom. The lowest BCUT2D eigenvalue weighted by atomic mass is 10.1. The minimum Gasteiger partial charge on any atom is -0.466 e. The van der Waals surface area contributed by atoms with E-state index in [0.29, 0.717) is 18.4 Å². The van der Waals surface area contributed by atoms with E-state index in [9.17, 15) is 9.90 Å². The molecule has 1 rings (SSSR count). The molecular weight excluding hydrogens is 180 g/mol. The maximum Gasteiger partial charge on any atom is 0.309 e. The van der Waals surface area contributed by atoms with Gasteiger partial charge in [0.1, 0.15) is 0 Å². The first-order chi connectivity index (χ1) is 6.50. The van der Waals surface area contributed by atoms with Crippen LogP contribution in [0.2, 0.25) is 0 Å². The summed E-state index contributed by atoms with van der Waals surface area (Å²) in [4.78, 5) is 11.5. The van der Waals surface area contributed by atoms with E-state index in [1.54, 1.807) is 6.92 Å². The summed E-state index contributed by atoms with van der Waals surface area (Å²) >= 11 is 0. The summed E-state index contributed by atoms with van der Waals surface area (Å²) in [5, 5.41) is 9.49. The lowest BCUT2D eigenvalue weighted by Gasteiger charge is -2.03. The van der Waals surface area contributed by atoms with Gasteiger partial charge in [-0.25, -0.2) is 0 Å². The molecule has 0 saturated heterocycles. The topological polar surface area (TPSA) is 46.5 Å². The number of rotatable bonds is 4. The van der Waals surface area contributed by atoms with Crippen LogP contribution in [0.3, 0.4) is 0 Å². The SMILES string of the molecule is CCOC(=O)[C@@H]1[C@@H](C(C)C)[C@H]1[C@H](C)O. The van der Waals surface area contributed by atoms with E-state index in [4.69, 9.17) is 4.74 Å². The second-order valence-corrected chi connectivity index (χ2v) is 4.42. The molecule has 1 saturated carbocycles. The van der Waals surface area contributed by atoms with Crippen molar-refractivity contribution in [2.45, 2.75) is 33.8 Å². The Labute approximate surface area is 85.5 Å². The molecule has 3 nitrogen and oxygen atoms in total. The molecule has 1 fully saturated rings. The van der Waals surface area contributed by atoms with E-state index in [1.807, 2.05) is 6.92 Å². The molecule has 0 radical (unpaired) electrons. The van der Waals surface area contributed by atoms with Crippen molar-refractivity contribution in [3.8, 4) is 0 Å². The average Bonchev–Trinajstić information content (AvgIpc) is 2.78. The lowest BCUT2D eigenvalue weighted by Crippen LogP contribution is -2.12. The number of carbonyl (C=O) groups excluding carboxylic acids is 1. The van der Waals surface area contributed by atoms with E-state index in [0.717, 1.165) is 0 Å². The highest BCUT2D eigenvalue weighted by Gasteiger charge is 2.58. The van der Waals surface area contributed by atoms with Gasteiger partial charge in [-0.2, -0.15) is 0 Å². The van der Waals surface area contributed by atoms with Gasteiger partial charge in [-0.3, -0.25) is 4.79 Å². The van der Waals surface area contributed by atoms with E-state index in [2.05, 4.69) is 13.8 Å². The van der Waals surface area contributed by atoms with Gasteiger partial charge in [0.05, 0.1) is 18.6 Å². The van der Waals surface area contributed by atoms with Gasteiger partial charge in [-0.05, 0) is 25.7 Å². The van der Waals surface area contributed by atoms with Crippen molar-refractivity contribution in [3.63, 3.8) is 0 Å². The summed E-state index contributed by atoms with van der Waals surface area (Å²) < 4.78 is 4.98. The van der Waals surface area contributed by atoms with Gasteiger partial charge >= 0.3 is 5.97 Å². The fourth-order valence-electron chi connectivity index (χ4n) is 2.39. The molecule has 0 heterocycles. The Morgan fingerprint density at radius 3 is 2.21 bits per heavy atom. The standard InChI is InChI=1S/C11H20O3/c1-5-14-11(13)10-8(6(2)3)9(10)7(4)12/h6-10,12H,5H2,1-4H3/t7-,8-,9+,10+/m0/s1. The van der Waals surface area contributed by atoms with Crippen LogP contribution in [-0.2, 0) is 9.53 Å². The molecule has 1 N–H and O–H groups in total. The number of aliphatic hydroxyl groups excluding tert-OH is 1. The minimum atomic E-state index is -0.406. The van der Waals surface area contributed by atoms with Crippen molar-refractivity contribution >= 4 is 5.97 Å². The first-order valence-corrected chi connectivity index (χ1v) is 5.35. The molecule has 0 bridgehead atoms. The van der Waals surface area contributed by atoms with Crippen molar-refractivity contribution in [2.24, 2.45) is 23.7 Å². The summed E-state index contributed by atoms with van der Waals surface area (Å²) in [6.07, 6.45) is -0.406. The van der Waals surface area contributed by atoms with Crippen LogP contribution in [0.4, 0.5) is 0 Å². The largest absolute Gasteiger partial charge is 0.466 e. The van der Waals surface area contributed by atoms with Gasteiger partial charge in [0, 0.05) is 5.92 Å². The predicted molar refractivity (Wildman–Crippen MR) is 53.6 cm³/mol. The summed E-state index contributed by atoms with van der Waals surface area (Å²) in [6, 6.07) is 0. The van der Waals surface area contributed by atoms with Crippen molar-refractivity contribution in [2.75, 3.05) is 6.61 Å². The minimum absolute atomic E-state index is 0.0741. The second-order valence-electron chi connectivity index (χ2n) is 4.42. The van der Waals surface area contributed by atoms with Crippen molar-refractivity contribution in [1.29, 1.82) is 0 Å². The van der Waals surface area contributed by atoms with Crippen LogP contribution >= 0.6 is 0 Å². The fraction of sp³-hybridized carbons (Fsp3) is 0.909. The van der Waals surface area contributed by atoms with E-state index >= 15 is 0 Å². The molecular formula is C11H20O3. The lowest BCUT2D eigenvalue weighted by molar-refractivity contribution is -0.145. The number of esters is 1. The predicted octanol–water partition coefficient (Wildman–Crippen LogP) is 1.45. The molecule has 0 aliphatic heterocycles. The van der Waals surface area contributed by atoms with Gasteiger partial charge in [-0.1, -0.05) is 13.8 Å². The van der Waals surface area contributed by atoms with Crippen molar-refractivity contribution in [1.82, 2.24) is 0 Å². The first kappa shape index (κ1) is 11.5. The maximum atomic E-state index is 11.5.